The summed E-state index contributed by atoms with van der Waals surface area (Å²) in [5.74, 6) is 2.78. The summed E-state index contributed by atoms with van der Waals surface area (Å²) in [6, 6.07) is 0. The molecule has 0 aromatic rings. The van der Waals surface area contributed by atoms with Crippen LogP contribution in [0.5, 0.6) is 0 Å². The predicted molar refractivity (Wildman–Crippen MR) is 43.8 cm³/mol. The molecule has 0 bridgehead atoms. The SMILES string of the molecule is C[C@@H]1[C@H](C)CC[NH2+]C[C@@H]1C.[Cl-]. The Kier molecular flexibility index (Phi) is 5.11. The molecule has 1 heterocycles. The van der Waals surface area contributed by atoms with E-state index in [1.807, 2.05) is 0 Å². The molecule has 0 aromatic carbocycles. The van der Waals surface area contributed by atoms with Gasteiger partial charge in [-0.1, -0.05) is 20.8 Å². The first-order valence-electron chi connectivity index (χ1n) is 4.53. The van der Waals surface area contributed by atoms with Gasteiger partial charge in [-0.15, -0.1) is 0 Å². The van der Waals surface area contributed by atoms with Gasteiger partial charge in [-0.3, -0.25) is 0 Å². The van der Waals surface area contributed by atoms with E-state index >= 15 is 0 Å². The minimum Gasteiger partial charge on any atom is -1.00 e. The van der Waals surface area contributed by atoms with Crippen LogP contribution in [0.4, 0.5) is 0 Å². The third kappa shape index (κ3) is 3.00. The van der Waals surface area contributed by atoms with Crippen LogP contribution < -0.4 is 17.7 Å². The Labute approximate surface area is 76.4 Å². The summed E-state index contributed by atoms with van der Waals surface area (Å²) in [6.45, 7) is 9.85. The van der Waals surface area contributed by atoms with Crippen LogP contribution in [0.3, 0.4) is 0 Å². The van der Waals surface area contributed by atoms with Crippen LogP contribution in [0.25, 0.3) is 0 Å². The van der Waals surface area contributed by atoms with Crippen molar-refractivity contribution in [3.8, 4) is 0 Å². The molecule has 68 valence electrons. The van der Waals surface area contributed by atoms with Crippen molar-refractivity contribution < 1.29 is 17.7 Å². The molecular weight excluding hydrogens is 158 g/mol. The van der Waals surface area contributed by atoms with Crippen LogP contribution in [0, 0.1) is 17.8 Å². The van der Waals surface area contributed by atoms with E-state index in [1.165, 1.54) is 19.5 Å². The molecule has 3 atom stereocenters. The van der Waals surface area contributed by atoms with Crippen LogP contribution in [-0.4, -0.2) is 13.1 Å². The molecule has 0 saturated carbocycles. The second kappa shape index (κ2) is 5.00. The van der Waals surface area contributed by atoms with Gasteiger partial charge in [0.15, 0.2) is 0 Å². The molecule has 1 aliphatic heterocycles. The van der Waals surface area contributed by atoms with Gasteiger partial charge >= 0.3 is 0 Å². The highest BCUT2D eigenvalue weighted by molar-refractivity contribution is 4.68. The maximum Gasteiger partial charge on any atom is 0.0783 e. The van der Waals surface area contributed by atoms with E-state index in [1.54, 1.807) is 0 Å². The standard InChI is InChI=1S/C9H19N.ClH/c1-7-4-5-10-6-8(2)9(7)3;/h7-10H,4-6H2,1-3H3;1H/t7-,8+,9-;/m1./s1. The fourth-order valence-corrected chi connectivity index (χ4v) is 1.80. The van der Waals surface area contributed by atoms with Crippen LogP contribution in [0.1, 0.15) is 27.2 Å². The van der Waals surface area contributed by atoms with Gasteiger partial charge in [-0.05, 0) is 18.3 Å². The Morgan fingerprint density at radius 1 is 1.09 bits per heavy atom. The molecule has 0 aliphatic carbocycles. The zero-order valence-electron chi connectivity index (χ0n) is 7.81. The van der Waals surface area contributed by atoms with Gasteiger partial charge in [0.2, 0.25) is 0 Å². The van der Waals surface area contributed by atoms with Crippen LogP contribution in [0.15, 0.2) is 0 Å². The van der Waals surface area contributed by atoms with Gasteiger partial charge in [0.05, 0.1) is 13.1 Å². The van der Waals surface area contributed by atoms with Crippen LogP contribution in [-0.2, 0) is 0 Å². The number of nitrogens with two attached hydrogens (primary N) is 1. The molecule has 1 aliphatic rings. The number of hydrogen-bond donors (Lipinski definition) is 1. The minimum absolute atomic E-state index is 0. The summed E-state index contributed by atoms with van der Waals surface area (Å²) < 4.78 is 0. The molecular formula is C9H20ClN. The third-order valence-electron chi connectivity index (χ3n) is 3.16. The monoisotopic (exact) mass is 177 g/mol. The number of rotatable bonds is 0. The van der Waals surface area contributed by atoms with Crippen molar-refractivity contribution in [1.82, 2.24) is 0 Å². The minimum atomic E-state index is 0. The summed E-state index contributed by atoms with van der Waals surface area (Å²) in [7, 11) is 0. The number of halogens is 1. The molecule has 2 heteroatoms. The molecule has 1 saturated heterocycles. The van der Waals surface area contributed by atoms with Gasteiger partial charge in [0.25, 0.3) is 0 Å². The van der Waals surface area contributed by atoms with E-state index in [0.29, 0.717) is 0 Å². The largest absolute Gasteiger partial charge is 1.00 e. The average molecular weight is 178 g/mol. The lowest BCUT2D eigenvalue weighted by Crippen LogP contribution is -3.00. The molecule has 11 heavy (non-hydrogen) atoms. The Bertz CT molecular complexity index is 93.7. The van der Waals surface area contributed by atoms with E-state index in [4.69, 9.17) is 0 Å². The first-order valence-corrected chi connectivity index (χ1v) is 4.53. The Hall–Kier alpha value is 0.250. The van der Waals surface area contributed by atoms with Gasteiger partial charge in [0, 0.05) is 5.92 Å². The highest BCUT2D eigenvalue weighted by atomic mass is 35.5. The Morgan fingerprint density at radius 3 is 2.36 bits per heavy atom. The fourth-order valence-electron chi connectivity index (χ4n) is 1.80. The number of hydrogen-bond acceptors (Lipinski definition) is 0. The van der Waals surface area contributed by atoms with Crippen molar-refractivity contribution in [3.05, 3.63) is 0 Å². The summed E-state index contributed by atoms with van der Waals surface area (Å²) >= 11 is 0. The fraction of sp³-hybridized carbons (Fsp3) is 1.00. The molecule has 0 amide bonds. The lowest BCUT2D eigenvalue weighted by molar-refractivity contribution is -0.658. The third-order valence-corrected chi connectivity index (χ3v) is 3.16. The van der Waals surface area contributed by atoms with Crippen molar-refractivity contribution in [3.63, 3.8) is 0 Å². The summed E-state index contributed by atoms with van der Waals surface area (Å²) in [5.41, 5.74) is 0. The zero-order chi connectivity index (χ0) is 7.56. The highest BCUT2D eigenvalue weighted by Gasteiger charge is 2.23. The molecule has 0 spiro atoms. The van der Waals surface area contributed by atoms with Crippen molar-refractivity contribution >= 4 is 0 Å². The van der Waals surface area contributed by atoms with Crippen LogP contribution >= 0.6 is 0 Å². The maximum atomic E-state index is 2.46. The first kappa shape index (κ1) is 11.2. The van der Waals surface area contributed by atoms with E-state index in [9.17, 15) is 0 Å². The van der Waals surface area contributed by atoms with Gasteiger partial charge < -0.3 is 17.7 Å². The topological polar surface area (TPSA) is 16.6 Å². The van der Waals surface area contributed by atoms with E-state index in [-0.39, 0.29) is 12.4 Å². The van der Waals surface area contributed by atoms with E-state index in [2.05, 4.69) is 26.1 Å². The summed E-state index contributed by atoms with van der Waals surface area (Å²) in [4.78, 5) is 0. The zero-order valence-corrected chi connectivity index (χ0v) is 8.56. The second-order valence-corrected chi connectivity index (χ2v) is 3.92. The van der Waals surface area contributed by atoms with Crippen molar-refractivity contribution in [2.75, 3.05) is 13.1 Å². The smallest absolute Gasteiger partial charge is 0.0783 e. The lowest BCUT2D eigenvalue weighted by Gasteiger charge is -2.19. The van der Waals surface area contributed by atoms with Crippen molar-refractivity contribution in [2.45, 2.75) is 27.2 Å². The summed E-state index contributed by atoms with van der Waals surface area (Å²) in [6.07, 6.45) is 1.41. The van der Waals surface area contributed by atoms with Crippen molar-refractivity contribution in [1.29, 1.82) is 0 Å². The normalized spacial score (nSPS) is 39.0. The lowest BCUT2D eigenvalue weighted by atomic mass is 9.85. The second-order valence-electron chi connectivity index (χ2n) is 3.92. The Morgan fingerprint density at radius 2 is 1.73 bits per heavy atom. The van der Waals surface area contributed by atoms with Crippen molar-refractivity contribution in [2.24, 2.45) is 17.8 Å². The van der Waals surface area contributed by atoms with Gasteiger partial charge in [-0.2, -0.15) is 0 Å². The van der Waals surface area contributed by atoms with Gasteiger partial charge in [0.1, 0.15) is 0 Å². The quantitative estimate of drug-likeness (QED) is 0.436. The highest BCUT2D eigenvalue weighted by Crippen LogP contribution is 2.22. The average Bonchev–Trinajstić information content (AvgIpc) is 2.04. The Balaban J connectivity index is 0.000001000. The van der Waals surface area contributed by atoms with Crippen LogP contribution in [0.2, 0.25) is 0 Å². The molecule has 0 unspecified atom stereocenters. The molecule has 0 radical (unpaired) electrons. The van der Waals surface area contributed by atoms with Gasteiger partial charge in [-0.25, -0.2) is 0 Å². The van der Waals surface area contributed by atoms with E-state index in [0.717, 1.165) is 17.8 Å². The molecule has 0 aromatic heterocycles. The molecule has 1 fully saturated rings. The molecule has 1 rings (SSSR count). The summed E-state index contributed by atoms with van der Waals surface area (Å²) in [5, 5.41) is 2.46. The maximum absolute atomic E-state index is 2.46. The molecule has 2 N–H and O–H groups in total. The molecule has 1 nitrogen and oxygen atoms in total. The first-order chi connectivity index (χ1) is 4.72. The predicted octanol–water partition coefficient (Wildman–Crippen LogP) is -2.13. The number of quaternary nitrogens is 1. The van der Waals surface area contributed by atoms with E-state index < -0.39 is 0 Å².